The van der Waals surface area contributed by atoms with Gasteiger partial charge in [0, 0.05) is 11.8 Å². The van der Waals surface area contributed by atoms with E-state index >= 15 is 0 Å². The normalized spacial score (nSPS) is 18.1. The first-order valence-corrected chi connectivity index (χ1v) is 13.9. The molecular formula is C25H36N4O8S. The molecule has 1 aromatic heterocycles. The average Bonchev–Trinajstić information content (AvgIpc) is 3.60. The van der Waals surface area contributed by atoms with E-state index in [1.807, 2.05) is 6.92 Å². The predicted octanol–water partition coefficient (Wildman–Crippen LogP) is 3.09. The smallest absolute Gasteiger partial charge is 0.339 e. The second-order valence-corrected chi connectivity index (χ2v) is 9.98. The average molecular weight is 553 g/mol. The van der Waals surface area contributed by atoms with Crippen LogP contribution in [0.25, 0.3) is 0 Å². The Morgan fingerprint density at radius 3 is 2.71 bits per heavy atom. The van der Waals surface area contributed by atoms with E-state index in [0.29, 0.717) is 66.8 Å². The number of nitroso groups, excluding NO2 is 1. The molecule has 3 rings (SSSR count). The minimum Gasteiger partial charge on any atom is -0.493 e. The molecular weight excluding hydrogens is 516 g/mol. The molecule has 1 fully saturated rings. The van der Waals surface area contributed by atoms with Gasteiger partial charge < -0.3 is 28.8 Å². The fourth-order valence-electron chi connectivity index (χ4n) is 3.48. The molecule has 0 saturated heterocycles. The second-order valence-electron chi connectivity index (χ2n) is 8.97. The van der Waals surface area contributed by atoms with Crippen molar-refractivity contribution < 1.29 is 28.3 Å². The third kappa shape index (κ3) is 10.5. The SMILES string of the molecule is CCCC(NC(=O)C1CSC(/C(C)=N/OCCOCCOCCN=O)=N1)c1cc(OCC2CC2)cc(=O)o1. The van der Waals surface area contributed by atoms with Gasteiger partial charge in [-0.25, -0.2) is 4.79 Å². The molecule has 38 heavy (non-hydrogen) atoms. The number of hydrogen-bond acceptors (Lipinski definition) is 12. The Bertz CT molecular complexity index is 1030. The number of amides is 1. The number of aliphatic imine (C=N–C) groups is 1. The molecule has 2 aliphatic rings. The van der Waals surface area contributed by atoms with Crippen LogP contribution in [0.1, 0.15) is 51.3 Å². The summed E-state index contributed by atoms with van der Waals surface area (Å²) in [5.74, 6) is 1.63. The van der Waals surface area contributed by atoms with Gasteiger partial charge in [-0.1, -0.05) is 23.7 Å². The molecule has 1 aliphatic heterocycles. The maximum atomic E-state index is 13.0. The van der Waals surface area contributed by atoms with Crippen molar-refractivity contribution >= 4 is 28.4 Å². The molecule has 1 aromatic rings. The third-order valence-corrected chi connectivity index (χ3v) is 6.82. The topological polar surface area (TPSA) is 150 Å². The number of nitrogens with zero attached hydrogens (tertiary/aromatic N) is 3. The van der Waals surface area contributed by atoms with E-state index in [1.54, 1.807) is 13.0 Å². The highest BCUT2D eigenvalue weighted by Crippen LogP contribution is 2.30. The lowest BCUT2D eigenvalue weighted by Gasteiger charge is -2.19. The van der Waals surface area contributed by atoms with Crippen LogP contribution in [0.2, 0.25) is 0 Å². The monoisotopic (exact) mass is 552 g/mol. The lowest BCUT2D eigenvalue weighted by molar-refractivity contribution is -0.122. The summed E-state index contributed by atoms with van der Waals surface area (Å²) in [5, 5.41) is 10.4. The molecule has 0 aromatic carbocycles. The Morgan fingerprint density at radius 1 is 1.21 bits per heavy atom. The predicted molar refractivity (Wildman–Crippen MR) is 144 cm³/mol. The van der Waals surface area contributed by atoms with Gasteiger partial charge in [-0.05, 0) is 32.1 Å². The van der Waals surface area contributed by atoms with Crippen molar-refractivity contribution in [2.45, 2.75) is 51.6 Å². The van der Waals surface area contributed by atoms with Crippen molar-refractivity contribution in [1.29, 1.82) is 0 Å². The van der Waals surface area contributed by atoms with Gasteiger partial charge in [0.2, 0.25) is 5.91 Å². The number of hydrogen-bond donors (Lipinski definition) is 1. The Balaban J connectivity index is 1.46. The highest BCUT2D eigenvalue weighted by Gasteiger charge is 2.29. The minimum atomic E-state index is -0.585. The van der Waals surface area contributed by atoms with Gasteiger partial charge in [0.1, 0.15) is 41.5 Å². The van der Waals surface area contributed by atoms with Gasteiger partial charge in [-0.3, -0.25) is 9.79 Å². The van der Waals surface area contributed by atoms with E-state index in [9.17, 15) is 14.5 Å². The number of oxime groups is 1. The number of nitrogens with one attached hydrogen (secondary N) is 1. The van der Waals surface area contributed by atoms with Crippen molar-refractivity contribution in [3.8, 4) is 5.75 Å². The van der Waals surface area contributed by atoms with Crippen LogP contribution in [-0.2, 0) is 19.1 Å². The van der Waals surface area contributed by atoms with Gasteiger partial charge in [0.05, 0.1) is 45.1 Å². The summed E-state index contributed by atoms with van der Waals surface area (Å²) < 4.78 is 21.7. The van der Waals surface area contributed by atoms with Crippen LogP contribution in [0.5, 0.6) is 5.75 Å². The third-order valence-electron chi connectivity index (χ3n) is 5.67. The van der Waals surface area contributed by atoms with E-state index in [0.717, 1.165) is 19.3 Å². The van der Waals surface area contributed by atoms with Crippen molar-refractivity contribution in [1.82, 2.24) is 5.32 Å². The Hall–Kier alpha value is -2.77. The highest BCUT2D eigenvalue weighted by atomic mass is 32.2. The molecule has 12 nitrogen and oxygen atoms in total. The zero-order valence-electron chi connectivity index (χ0n) is 21.9. The Labute approximate surface area is 225 Å². The summed E-state index contributed by atoms with van der Waals surface area (Å²) in [6.07, 6.45) is 3.69. The van der Waals surface area contributed by atoms with Crippen LogP contribution in [0.15, 0.2) is 36.7 Å². The van der Waals surface area contributed by atoms with Crippen molar-refractivity contribution in [3.63, 3.8) is 0 Å². The lowest BCUT2D eigenvalue weighted by atomic mass is 10.1. The zero-order chi connectivity index (χ0) is 27.2. The standard InChI is InChI=1S/C25H36N4O8S/c1-3-4-20(22-13-19(14-23(30)37-22)35-15-18-5-6-18)27-24(31)21-16-38-25(28-21)17(2)29-36-12-11-34-10-9-33-8-7-26-32/h13-14,18,20-21H,3-12,15-16H2,1-2H3,(H,27,31)/b29-17+. The maximum Gasteiger partial charge on any atom is 0.339 e. The van der Waals surface area contributed by atoms with Crippen LogP contribution < -0.4 is 15.7 Å². The fraction of sp³-hybridized carbons (Fsp3) is 0.680. The first kappa shape index (κ1) is 29.8. The number of thioether (sulfide) groups is 1. The molecule has 0 bridgehead atoms. The molecule has 0 spiro atoms. The fourth-order valence-corrected chi connectivity index (χ4v) is 4.47. The van der Waals surface area contributed by atoms with Crippen LogP contribution in [0.4, 0.5) is 0 Å². The van der Waals surface area contributed by atoms with Crippen molar-refractivity contribution in [2.24, 2.45) is 21.2 Å². The molecule has 2 atom stereocenters. The van der Waals surface area contributed by atoms with Crippen molar-refractivity contribution in [2.75, 3.05) is 51.9 Å². The lowest BCUT2D eigenvalue weighted by Crippen LogP contribution is -2.37. The number of rotatable bonds is 19. The molecule has 2 unspecified atom stereocenters. The van der Waals surface area contributed by atoms with Gasteiger partial charge >= 0.3 is 5.63 Å². The van der Waals surface area contributed by atoms with E-state index in [1.165, 1.54) is 17.8 Å². The summed E-state index contributed by atoms with van der Waals surface area (Å²) in [6.45, 7) is 6.10. The first-order chi connectivity index (χ1) is 18.5. The Kier molecular flexibility index (Phi) is 12.7. The number of carbonyl (C=O) groups excluding carboxylic acids is 1. The molecule has 1 N–H and O–H groups in total. The number of ether oxygens (including phenoxy) is 3. The Morgan fingerprint density at radius 2 is 1.97 bits per heavy atom. The second kappa shape index (κ2) is 16.2. The van der Waals surface area contributed by atoms with E-state index < -0.39 is 17.7 Å². The van der Waals surface area contributed by atoms with Gasteiger partial charge in [-0.2, -0.15) is 4.91 Å². The van der Waals surface area contributed by atoms with Crippen molar-refractivity contribution in [3.05, 3.63) is 33.2 Å². The van der Waals surface area contributed by atoms with Gasteiger partial charge in [0.25, 0.3) is 0 Å². The first-order valence-electron chi connectivity index (χ1n) is 12.9. The van der Waals surface area contributed by atoms with E-state index in [4.69, 9.17) is 23.5 Å². The molecule has 1 saturated carbocycles. The quantitative estimate of drug-likeness (QED) is 0.118. The van der Waals surface area contributed by atoms with Crippen LogP contribution in [0.3, 0.4) is 0 Å². The molecule has 1 aliphatic carbocycles. The highest BCUT2D eigenvalue weighted by molar-refractivity contribution is 8.16. The van der Waals surface area contributed by atoms with Crippen LogP contribution in [0, 0.1) is 10.8 Å². The summed E-state index contributed by atoms with van der Waals surface area (Å²) in [6, 6.07) is 1.98. The molecule has 1 amide bonds. The minimum absolute atomic E-state index is 0.128. The summed E-state index contributed by atoms with van der Waals surface area (Å²) in [4.78, 5) is 44.9. The number of carbonyl (C=O) groups is 1. The summed E-state index contributed by atoms with van der Waals surface area (Å²) in [5.41, 5.74) is 0.0738. The summed E-state index contributed by atoms with van der Waals surface area (Å²) in [7, 11) is 0. The van der Waals surface area contributed by atoms with Crippen LogP contribution in [-0.4, -0.2) is 74.6 Å². The van der Waals surface area contributed by atoms with Gasteiger partial charge in [0.15, 0.2) is 0 Å². The molecule has 2 heterocycles. The molecule has 0 radical (unpaired) electrons. The zero-order valence-corrected chi connectivity index (χ0v) is 22.7. The van der Waals surface area contributed by atoms with E-state index in [2.05, 4.69) is 20.6 Å². The molecule has 210 valence electrons. The summed E-state index contributed by atoms with van der Waals surface area (Å²) >= 11 is 1.43. The van der Waals surface area contributed by atoms with E-state index in [-0.39, 0.29) is 25.7 Å². The molecule has 13 heteroatoms. The van der Waals surface area contributed by atoms with Gasteiger partial charge in [-0.15, -0.1) is 11.8 Å². The largest absolute Gasteiger partial charge is 0.493 e. The van der Waals surface area contributed by atoms with Crippen LogP contribution >= 0.6 is 11.8 Å². The maximum absolute atomic E-state index is 13.0.